The van der Waals surface area contributed by atoms with Crippen LogP contribution in [-0.2, 0) is 20.7 Å². The van der Waals surface area contributed by atoms with Crippen LogP contribution in [0, 0.1) is 30.6 Å². The van der Waals surface area contributed by atoms with Crippen molar-refractivity contribution in [3.05, 3.63) is 28.8 Å². The summed E-state index contributed by atoms with van der Waals surface area (Å²) in [5.41, 5.74) is -0.437. The number of Topliss-reactive ketones (excluding diaryl/α,β-unsaturated/α-hetero) is 1. The standard InChI is InChI=1S/C34H54O8.Na/c1-9-25(31-21(6)18-34(11-3,42-31)26-16-17-33(40,10-2)23(8)41-26)30(37)22(7)28(35)19(4)12-14-24-15-13-20(5)29(36)27(24)32(38)39;/h13,15,19,21-23,25-26,28,31,35-36,40H,9-12,14,16-18H2,1-8H3,(H,38,39);/t19-,21+,22+,23+,25+,26-,28+,31+,33-,34+;/m1./s1. The van der Waals surface area contributed by atoms with E-state index in [1.54, 1.807) is 26.0 Å². The molecule has 8 nitrogen and oxygen atoms in total. The van der Waals surface area contributed by atoms with Crippen LogP contribution in [0.2, 0.25) is 0 Å². The topological polar surface area (TPSA) is 134 Å². The van der Waals surface area contributed by atoms with Gasteiger partial charge in [0.1, 0.15) is 17.1 Å². The van der Waals surface area contributed by atoms with E-state index < -0.39 is 29.2 Å². The molecule has 1 radical (unpaired) electrons. The van der Waals surface area contributed by atoms with E-state index in [1.807, 2.05) is 27.7 Å². The van der Waals surface area contributed by atoms with E-state index >= 15 is 0 Å². The Morgan fingerprint density at radius 2 is 1.77 bits per heavy atom. The number of ether oxygens (including phenoxy) is 2. The molecule has 9 heteroatoms. The molecule has 2 saturated heterocycles. The fraction of sp³-hybridized carbons (Fsp3) is 0.765. The van der Waals surface area contributed by atoms with Gasteiger partial charge in [0.15, 0.2) is 0 Å². The van der Waals surface area contributed by atoms with Gasteiger partial charge < -0.3 is 29.9 Å². The number of aromatic hydroxyl groups is 1. The van der Waals surface area contributed by atoms with Gasteiger partial charge in [0.2, 0.25) is 0 Å². The van der Waals surface area contributed by atoms with Crippen molar-refractivity contribution in [2.24, 2.45) is 23.7 Å². The predicted octanol–water partition coefficient (Wildman–Crippen LogP) is 5.46. The van der Waals surface area contributed by atoms with Gasteiger partial charge in [-0.2, -0.15) is 0 Å². The van der Waals surface area contributed by atoms with Gasteiger partial charge in [0.25, 0.3) is 0 Å². The maximum Gasteiger partial charge on any atom is 0.339 e. The molecular weight excluding hydrogens is 559 g/mol. The van der Waals surface area contributed by atoms with E-state index in [-0.39, 0.29) is 82.7 Å². The van der Waals surface area contributed by atoms with Gasteiger partial charge in [-0.05, 0) is 88.2 Å². The average molecular weight is 614 g/mol. The molecule has 0 aromatic heterocycles. The van der Waals surface area contributed by atoms with Crippen molar-refractivity contribution in [1.29, 1.82) is 0 Å². The molecule has 2 aliphatic rings. The number of carboxylic acid groups (broad SMARTS) is 1. The first kappa shape index (κ1) is 38.2. The summed E-state index contributed by atoms with van der Waals surface area (Å²) in [4.78, 5) is 25.7. The van der Waals surface area contributed by atoms with Crippen molar-refractivity contribution in [1.82, 2.24) is 0 Å². The van der Waals surface area contributed by atoms with Crippen molar-refractivity contribution < 1.29 is 39.5 Å². The molecule has 2 aliphatic heterocycles. The van der Waals surface area contributed by atoms with Crippen LogP contribution >= 0.6 is 0 Å². The summed E-state index contributed by atoms with van der Waals surface area (Å²) in [5, 5.41) is 42.1. The summed E-state index contributed by atoms with van der Waals surface area (Å²) < 4.78 is 13.2. The zero-order valence-electron chi connectivity index (χ0n) is 27.9. The van der Waals surface area contributed by atoms with E-state index in [0.29, 0.717) is 49.7 Å². The molecule has 239 valence electrons. The van der Waals surface area contributed by atoms with Crippen molar-refractivity contribution >= 4 is 41.3 Å². The number of hydrogen-bond acceptors (Lipinski definition) is 7. The third kappa shape index (κ3) is 7.87. The van der Waals surface area contributed by atoms with Gasteiger partial charge in [0, 0.05) is 41.4 Å². The Morgan fingerprint density at radius 1 is 1.12 bits per heavy atom. The molecule has 1 aromatic rings. The summed E-state index contributed by atoms with van der Waals surface area (Å²) in [6.45, 7) is 15.4. The fourth-order valence-electron chi connectivity index (χ4n) is 7.45. The number of aliphatic hydroxyl groups is 2. The second kappa shape index (κ2) is 15.5. The second-order valence-electron chi connectivity index (χ2n) is 13.2. The zero-order chi connectivity index (χ0) is 31.6. The summed E-state index contributed by atoms with van der Waals surface area (Å²) >= 11 is 0. The minimum Gasteiger partial charge on any atom is -0.507 e. The van der Waals surface area contributed by atoms with Gasteiger partial charge in [-0.3, -0.25) is 4.79 Å². The molecule has 10 atom stereocenters. The number of aryl methyl sites for hydroxylation is 2. The fourth-order valence-corrected chi connectivity index (χ4v) is 7.45. The molecule has 43 heavy (non-hydrogen) atoms. The molecule has 4 N–H and O–H groups in total. The molecule has 0 aliphatic carbocycles. The molecule has 0 bridgehead atoms. The number of phenols is 1. The number of aromatic carboxylic acids is 1. The monoisotopic (exact) mass is 613 g/mol. The van der Waals surface area contributed by atoms with Crippen LogP contribution in [0.15, 0.2) is 12.1 Å². The van der Waals surface area contributed by atoms with E-state index in [4.69, 9.17) is 9.47 Å². The Morgan fingerprint density at radius 3 is 2.30 bits per heavy atom. The molecule has 3 rings (SSSR count). The van der Waals surface area contributed by atoms with E-state index in [0.717, 1.165) is 12.8 Å². The van der Waals surface area contributed by atoms with Crippen LogP contribution in [0.1, 0.15) is 115 Å². The number of hydrogen-bond donors (Lipinski definition) is 4. The predicted molar refractivity (Wildman–Crippen MR) is 167 cm³/mol. The summed E-state index contributed by atoms with van der Waals surface area (Å²) in [7, 11) is 0. The molecule has 0 spiro atoms. The number of ketones is 1. The molecular formula is C34H54NaO8. The van der Waals surface area contributed by atoms with Crippen LogP contribution in [0.4, 0.5) is 0 Å². The number of carboxylic acids is 1. The summed E-state index contributed by atoms with van der Waals surface area (Å²) in [6, 6.07) is 3.40. The Kier molecular flexibility index (Phi) is 13.8. The Bertz CT molecular complexity index is 1110. The summed E-state index contributed by atoms with van der Waals surface area (Å²) in [6.07, 6.45) is 3.34. The third-order valence-corrected chi connectivity index (χ3v) is 10.7. The van der Waals surface area contributed by atoms with Crippen molar-refractivity contribution in [2.75, 3.05) is 0 Å². The summed E-state index contributed by atoms with van der Waals surface area (Å²) in [5.74, 6) is -2.55. The van der Waals surface area contributed by atoms with Gasteiger partial charge in [-0.1, -0.05) is 53.7 Å². The van der Waals surface area contributed by atoms with E-state index in [1.165, 1.54) is 0 Å². The van der Waals surface area contributed by atoms with Crippen LogP contribution < -0.4 is 0 Å². The molecule has 0 unspecified atom stereocenters. The maximum atomic E-state index is 13.9. The van der Waals surface area contributed by atoms with Gasteiger partial charge in [-0.25, -0.2) is 4.79 Å². The van der Waals surface area contributed by atoms with Crippen LogP contribution in [0.5, 0.6) is 5.75 Å². The molecule has 2 fully saturated rings. The van der Waals surface area contributed by atoms with Crippen LogP contribution in [0.25, 0.3) is 0 Å². The average Bonchev–Trinajstić information content (AvgIpc) is 3.31. The minimum atomic E-state index is -1.18. The first-order valence-electron chi connectivity index (χ1n) is 16.0. The van der Waals surface area contributed by atoms with Crippen LogP contribution in [-0.4, -0.2) is 97.4 Å². The zero-order valence-corrected chi connectivity index (χ0v) is 29.9. The van der Waals surface area contributed by atoms with Crippen molar-refractivity contribution in [3.63, 3.8) is 0 Å². The first-order valence-corrected chi connectivity index (χ1v) is 16.0. The number of carbonyl (C=O) groups excluding carboxylic acids is 1. The maximum absolute atomic E-state index is 13.9. The number of rotatable bonds is 13. The van der Waals surface area contributed by atoms with Gasteiger partial charge >= 0.3 is 5.97 Å². The number of carbonyl (C=O) groups is 2. The van der Waals surface area contributed by atoms with E-state index in [9.17, 15) is 30.0 Å². The smallest absolute Gasteiger partial charge is 0.339 e. The molecule has 1 aromatic carbocycles. The number of benzene rings is 1. The largest absolute Gasteiger partial charge is 0.507 e. The normalized spacial score (nSPS) is 32.0. The van der Waals surface area contributed by atoms with Gasteiger partial charge in [-0.15, -0.1) is 0 Å². The van der Waals surface area contributed by atoms with Crippen molar-refractivity contribution in [3.8, 4) is 5.75 Å². The minimum absolute atomic E-state index is 0. The Balaban J connectivity index is 0.00000645. The van der Waals surface area contributed by atoms with E-state index in [2.05, 4.69) is 13.8 Å². The molecule has 0 amide bonds. The Hall–Kier alpha value is -1.00. The van der Waals surface area contributed by atoms with Crippen molar-refractivity contribution in [2.45, 2.75) is 142 Å². The van der Waals surface area contributed by atoms with Gasteiger partial charge in [0.05, 0.1) is 35.6 Å². The number of aliphatic hydroxyl groups excluding tert-OH is 1. The molecule has 2 heterocycles. The SMILES string of the molecule is CC[C@@H](C(=O)[C@@H](C)[C@@H](O)[C@H](C)CCc1ccc(C)c(O)c1C(=O)O)[C@H]1O[C@](CC)([C@H]2CC[C@](O)(CC)[C@H](C)O2)C[C@@H]1C.[Na]. The first-order chi connectivity index (χ1) is 19.7. The quantitative estimate of drug-likeness (QED) is 0.216. The third-order valence-electron chi connectivity index (χ3n) is 10.7. The Labute approximate surface area is 280 Å². The second-order valence-corrected chi connectivity index (χ2v) is 13.2. The molecule has 0 saturated carbocycles. The van der Waals surface area contributed by atoms with Crippen LogP contribution in [0.3, 0.4) is 0 Å².